The van der Waals surface area contributed by atoms with Crippen molar-refractivity contribution in [2.24, 2.45) is 0 Å². The van der Waals surface area contributed by atoms with Gasteiger partial charge in [-0.15, -0.1) is 5.10 Å². The van der Waals surface area contributed by atoms with E-state index in [4.69, 9.17) is 5.11 Å². The third-order valence-electron chi connectivity index (χ3n) is 3.32. The van der Waals surface area contributed by atoms with Crippen LogP contribution < -0.4 is 0 Å². The van der Waals surface area contributed by atoms with Gasteiger partial charge in [0.05, 0.1) is 5.69 Å². The smallest absolute Gasteiger partial charge is 0.375 e. The topological polar surface area (TPSA) is 68.0 Å². The molecule has 1 N–H and O–H groups in total. The van der Waals surface area contributed by atoms with E-state index in [9.17, 15) is 4.79 Å². The highest BCUT2D eigenvalue weighted by atomic mass is 16.4. The maximum atomic E-state index is 11.1. The van der Waals surface area contributed by atoms with Crippen LogP contribution in [0, 0.1) is 0 Å². The van der Waals surface area contributed by atoms with E-state index in [-0.39, 0.29) is 17.2 Å². The van der Waals surface area contributed by atoms with Gasteiger partial charge in [-0.2, -0.15) is 0 Å². The van der Waals surface area contributed by atoms with Crippen LogP contribution in [0.4, 0.5) is 0 Å². The van der Waals surface area contributed by atoms with E-state index in [1.807, 2.05) is 38.1 Å². The number of rotatable bonds is 3. The van der Waals surface area contributed by atoms with E-state index in [0.717, 1.165) is 5.69 Å². The highest BCUT2D eigenvalue weighted by molar-refractivity contribution is 5.83. The quantitative estimate of drug-likeness (QED) is 0.939. The summed E-state index contributed by atoms with van der Waals surface area (Å²) in [6, 6.07) is 7.99. The molecule has 0 spiro atoms. The molecular weight excluding hydrogens is 266 g/mol. The number of carboxylic acid groups (broad SMARTS) is 1. The molecule has 0 aliphatic heterocycles. The standard InChI is InChI=1S/C16H21N3O2/c1-10(2)14-17-13(15(20)21)18-19(14)12-8-6-11(7-9-12)16(3,4)5/h6-10H,1-5H3,(H,20,21). The maximum absolute atomic E-state index is 11.1. The molecule has 0 aliphatic rings. The van der Waals surface area contributed by atoms with E-state index in [0.29, 0.717) is 5.82 Å². The first kappa shape index (κ1) is 15.2. The van der Waals surface area contributed by atoms with Crippen LogP contribution in [0.2, 0.25) is 0 Å². The van der Waals surface area contributed by atoms with Crippen LogP contribution in [-0.4, -0.2) is 25.8 Å². The molecule has 0 saturated carbocycles. The van der Waals surface area contributed by atoms with Crippen molar-refractivity contribution in [3.8, 4) is 5.69 Å². The number of carboxylic acids is 1. The molecule has 112 valence electrons. The number of aromatic carboxylic acids is 1. The summed E-state index contributed by atoms with van der Waals surface area (Å²) < 4.78 is 1.61. The summed E-state index contributed by atoms with van der Waals surface area (Å²) >= 11 is 0. The van der Waals surface area contributed by atoms with Crippen LogP contribution in [0.5, 0.6) is 0 Å². The van der Waals surface area contributed by atoms with E-state index in [1.54, 1.807) is 4.68 Å². The number of carbonyl (C=O) groups is 1. The zero-order valence-electron chi connectivity index (χ0n) is 13.1. The van der Waals surface area contributed by atoms with Crippen LogP contribution >= 0.6 is 0 Å². The molecule has 0 atom stereocenters. The van der Waals surface area contributed by atoms with E-state index in [2.05, 4.69) is 30.9 Å². The second-order valence-electron chi connectivity index (χ2n) is 6.46. The second kappa shape index (κ2) is 5.31. The van der Waals surface area contributed by atoms with Gasteiger partial charge in [0.1, 0.15) is 5.82 Å². The number of nitrogens with zero attached hydrogens (tertiary/aromatic N) is 3. The zero-order chi connectivity index (χ0) is 15.8. The first-order chi connectivity index (χ1) is 9.70. The minimum Gasteiger partial charge on any atom is -0.475 e. The molecule has 0 unspecified atom stereocenters. The van der Waals surface area contributed by atoms with Crippen molar-refractivity contribution >= 4 is 5.97 Å². The number of benzene rings is 1. The summed E-state index contributed by atoms with van der Waals surface area (Å²) in [4.78, 5) is 15.2. The molecule has 21 heavy (non-hydrogen) atoms. The molecule has 1 aromatic heterocycles. The summed E-state index contributed by atoms with van der Waals surface area (Å²) in [6.07, 6.45) is 0. The first-order valence-electron chi connectivity index (χ1n) is 7.01. The van der Waals surface area contributed by atoms with Crippen molar-refractivity contribution in [1.29, 1.82) is 0 Å². The predicted octanol–water partition coefficient (Wildman–Crippen LogP) is 3.39. The van der Waals surface area contributed by atoms with Crippen molar-refractivity contribution < 1.29 is 9.90 Å². The molecular formula is C16H21N3O2. The molecule has 5 heteroatoms. The van der Waals surface area contributed by atoms with Crippen LogP contribution in [0.3, 0.4) is 0 Å². The number of aromatic nitrogens is 3. The lowest BCUT2D eigenvalue weighted by Gasteiger charge is -2.19. The van der Waals surface area contributed by atoms with Gasteiger partial charge in [-0.05, 0) is 23.1 Å². The number of hydrogen-bond donors (Lipinski definition) is 1. The summed E-state index contributed by atoms with van der Waals surface area (Å²) in [6.45, 7) is 10.4. The lowest BCUT2D eigenvalue weighted by atomic mass is 9.87. The summed E-state index contributed by atoms with van der Waals surface area (Å²) in [5.41, 5.74) is 2.12. The highest BCUT2D eigenvalue weighted by Gasteiger charge is 2.19. The van der Waals surface area contributed by atoms with Gasteiger partial charge in [0.25, 0.3) is 5.82 Å². The van der Waals surface area contributed by atoms with Crippen molar-refractivity contribution in [2.45, 2.75) is 46.0 Å². The Labute approximate surface area is 124 Å². The Morgan fingerprint density at radius 3 is 2.19 bits per heavy atom. The SMILES string of the molecule is CC(C)c1nc(C(=O)O)nn1-c1ccc(C(C)(C)C)cc1. The fourth-order valence-electron chi connectivity index (χ4n) is 2.08. The van der Waals surface area contributed by atoms with Crippen LogP contribution in [-0.2, 0) is 5.41 Å². The summed E-state index contributed by atoms with van der Waals surface area (Å²) in [5, 5.41) is 13.2. The van der Waals surface area contributed by atoms with Crippen molar-refractivity contribution in [1.82, 2.24) is 14.8 Å². The predicted molar refractivity (Wildman–Crippen MR) is 81.1 cm³/mol. The lowest BCUT2D eigenvalue weighted by Crippen LogP contribution is -2.11. The van der Waals surface area contributed by atoms with E-state index in [1.165, 1.54) is 5.56 Å². The average molecular weight is 287 g/mol. The van der Waals surface area contributed by atoms with Gasteiger partial charge in [0.15, 0.2) is 0 Å². The van der Waals surface area contributed by atoms with Crippen molar-refractivity contribution in [3.05, 3.63) is 41.5 Å². The third kappa shape index (κ3) is 3.12. The van der Waals surface area contributed by atoms with Gasteiger partial charge in [-0.1, -0.05) is 46.8 Å². The third-order valence-corrected chi connectivity index (χ3v) is 3.32. The Balaban J connectivity index is 2.48. The second-order valence-corrected chi connectivity index (χ2v) is 6.46. The molecule has 2 rings (SSSR count). The Kier molecular flexibility index (Phi) is 3.85. The van der Waals surface area contributed by atoms with Crippen LogP contribution in [0.1, 0.15) is 62.5 Å². The van der Waals surface area contributed by atoms with Gasteiger partial charge in [0.2, 0.25) is 0 Å². The fraction of sp³-hybridized carbons (Fsp3) is 0.438. The largest absolute Gasteiger partial charge is 0.475 e. The van der Waals surface area contributed by atoms with Gasteiger partial charge >= 0.3 is 5.97 Å². The van der Waals surface area contributed by atoms with Gasteiger partial charge in [-0.3, -0.25) is 0 Å². The normalized spacial score (nSPS) is 11.9. The summed E-state index contributed by atoms with van der Waals surface area (Å²) in [7, 11) is 0. The van der Waals surface area contributed by atoms with E-state index < -0.39 is 5.97 Å². The zero-order valence-corrected chi connectivity index (χ0v) is 13.1. The first-order valence-corrected chi connectivity index (χ1v) is 7.01. The molecule has 2 aromatic rings. The van der Waals surface area contributed by atoms with Gasteiger partial charge in [0, 0.05) is 5.92 Å². The molecule has 0 radical (unpaired) electrons. The number of hydrogen-bond acceptors (Lipinski definition) is 3. The Morgan fingerprint density at radius 2 is 1.76 bits per heavy atom. The van der Waals surface area contributed by atoms with Gasteiger partial charge < -0.3 is 5.11 Å². The Bertz CT molecular complexity index is 649. The molecule has 0 bridgehead atoms. The van der Waals surface area contributed by atoms with Gasteiger partial charge in [-0.25, -0.2) is 14.5 Å². The average Bonchev–Trinajstić information content (AvgIpc) is 2.83. The molecule has 0 saturated heterocycles. The maximum Gasteiger partial charge on any atom is 0.375 e. The Hall–Kier alpha value is -2.17. The van der Waals surface area contributed by atoms with E-state index >= 15 is 0 Å². The minimum absolute atomic E-state index is 0.0774. The molecule has 0 amide bonds. The van der Waals surface area contributed by atoms with Crippen LogP contribution in [0.25, 0.3) is 5.69 Å². The summed E-state index contributed by atoms with van der Waals surface area (Å²) in [5.74, 6) is -0.538. The molecule has 1 heterocycles. The van der Waals surface area contributed by atoms with Crippen LogP contribution in [0.15, 0.2) is 24.3 Å². The highest BCUT2D eigenvalue weighted by Crippen LogP contribution is 2.24. The molecule has 5 nitrogen and oxygen atoms in total. The lowest BCUT2D eigenvalue weighted by molar-refractivity contribution is 0.0683. The fourth-order valence-corrected chi connectivity index (χ4v) is 2.08. The minimum atomic E-state index is -1.11. The molecule has 0 aliphatic carbocycles. The molecule has 1 aromatic carbocycles. The monoisotopic (exact) mass is 287 g/mol. The molecule has 0 fully saturated rings. The Morgan fingerprint density at radius 1 is 1.19 bits per heavy atom. The van der Waals surface area contributed by atoms with Crippen molar-refractivity contribution in [2.75, 3.05) is 0 Å². The van der Waals surface area contributed by atoms with Crippen molar-refractivity contribution in [3.63, 3.8) is 0 Å².